The smallest absolute Gasteiger partial charge is 0.194 e. The van der Waals surface area contributed by atoms with E-state index in [1.807, 2.05) is 6.07 Å². The molecule has 0 fully saturated rings. The summed E-state index contributed by atoms with van der Waals surface area (Å²) in [5.74, 6) is 1.50. The van der Waals surface area contributed by atoms with Crippen molar-refractivity contribution >= 4 is 38.5 Å². The van der Waals surface area contributed by atoms with Crippen LogP contribution in [0.15, 0.2) is 10.7 Å². The molecule has 3 nitrogen and oxygen atoms in total. The highest BCUT2D eigenvalue weighted by Gasteiger charge is 2.22. The molecule has 0 N–H and O–H groups in total. The van der Waals surface area contributed by atoms with E-state index in [0.29, 0.717) is 11.2 Å². The molecule has 76 valence electrons. The van der Waals surface area contributed by atoms with Crippen molar-refractivity contribution in [3.63, 3.8) is 0 Å². The minimum atomic E-state index is 0.160. The van der Waals surface area contributed by atoms with Crippen molar-refractivity contribution in [2.75, 3.05) is 6.61 Å². The Morgan fingerprint density at radius 2 is 2.50 bits per heavy atom. The van der Waals surface area contributed by atoms with E-state index in [9.17, 15) is 0 Å². The van der Waals surface area contributed by atoms with E-state index in [-0.39, 0.29) is 6.10 Å². The van der Waals surface area contributed by atoms with Crippen LogP contribution in [-0.4, -0.2) is 17.7 Å². The maximum atomic E-state index is 5.74. The van der Waals surface area contributed by atoms with Crippen LogP contribution in [0.3, 0.4) is 0 Å². The molecule has 1 aromatic heterocycles. The maximum Gasteiger partial charge on any atom is 0.194 e. The highest BCUT2D eigenvalue weighted by Crippen LogP contribution is 2.38. The van der Waals surface area contributed by atoms with Gasteiger partial charge >= 0.3 is 0 Å². The fraction of sp³-hybridized carbons (Fsp3) is 0.444. The number of halogens is 2. The molecule has 1 unspecified atom stereocenters. The van der Waals surface area contributed by atoms with Crippen LogP contribution in [0.25, 0.3) is 0 Å². The van der Waals surface area contributed by atoms with Crippen LogP contribution >= 0.6 is 38.5 Å². The summed E-state index contributed by atoms with van der Waals surface area (Å²) in [4.78, 5) is 4.24. The molecule has 0 radical (unpaired) electrons. The van der Waals surface area contributed by atoms with Crippen molar-refractivity contribution < 1.29 is 9.47 Å². The fourth-order valence-corrected chi connectivity index (χ4v) is 2.62. The van der Waals surface area contributed by atoms with Gasteiger partial charge in [-0.15, -0.1) is 0 Å². The van der Waals surface area contributed by atoms with E-state index >= 15 is 0 Å². The topological polar surface area (TPSA) is 31.4 Å². The van der Waals surface area contributed by atoms with Crippen LogP contribution in [0.4, 0.5) is 0 Å². The van der Waals surface area contributed by atoms with Gasteiger partial charge in [-0.3, -0.25) is 0 Å². The molecule has 5 heteroatoms. The summed E-state index contributed by atoms with van der Waals surface area (Å²) < 4.78 is 12.9. The van der Waals surface area contributed by atoms with Crippen LogP contribution in [0.1, 0.15) is 13.3 Å². The minimum absolute atomic E-state index is 0.160. The van der Waals surface area contributed by atoms with Crippen LogP contribution in [-0.2, 0) is 0 Å². The average molecular weight is 370 g/mol. The molecular weight excluding hydrogens is 361 g/mol. The highest BCUT2D eigenvalue weighted by molar-refractivity contribution is 14.1. The molecule has 1 atom stereocenters. The molecule has 2 heterocycles. The van der Waals surface area contributed by atoms with Crippen LogP contribution in [0.2, 0.25) is 0 Å². The first-order valence-electron chi connectivity index (χ1n) is 4.36. The summed E-state index contributed by atoms with van der Waals surface area (Å²) in [6.45, 7) is 2.69. The van der Waals surface area contributed by atoms with Crippen molar-refractivity contribution in [3.05, 3.63) is 14.4 Å². The summed E-state index contributed by atoms with van der Waals surface area (Å²) >= 11 is 5.51. The van der Waals surface area contributed by atoms with E-state index in [0.717, 1.165) is 21.6 Å². The quantitative estimate of drug-likeness (QED) is 0.563. The summed E-state index contributed by atoms with van der Waals surface area (Å²) in [6, 6.07) is 1.89. The molecule has 0 saturated heterocycles. The molecule has 0 amide bonds. The molecule has 0 aliphatic carbocycles. The van der Waals surface area contributed by atoms with Gasteiger partial charge in [0.2, 0.25) is 0 Å². The first-order valence-corrected chi connectivity index (χ1v) is 6.23. The first-order chi connectivity index (χ1) is 6.70. The van der Waals surface area contributed by atoms with Gasteiger partial charge in [0.15, 0.2) is 16.1 Å². The second-order valence-electron chi connectivity index (χ2n) is 3.02. The molecule has 1 aliphatic heterocycles. The molecule has 0 saturated carbocycles. The lowest BCUT2D eigenvalue weighted by Gasteiger charge is -2.26. The Morgan fingerprint density at radius 3 is 3.21 bits per heavy atom. The predicted molar refractivity (Wildman–Crippen MR) is 64.9 cm³/mol. The minimum Gasteiger partial charge on any atom is -0.483 e. The van der Waals surface area contributed by atoms with Gasteiger partial charge in [-0.05, 0) is 44.9 Å². The summed E-state index contributed by atoms with van der Waals surface area (Å²) in [6.07, 6.45) is 1.11. The maximum absolute atomic E-state index is 5.74. The van der Waals surface area contributed by atoms with Crippen molar-refractivity contribution in [2.45, 2.75) is 19.4 Å². The number of rotatable bonds is 1. The molecule has 0 bridgehead atoms. The number of nitrogens with zero attached hydrogens (tertiary/aromatic N) is 1. The van der Waals surface area contributed by atoms with E-state index < -0.39 is 0 Å². The normalized spacial score (nSPS) is 19.5. The van der Waals surface area contributed by atoms with Crippen LogP contribution in [0.5, 0.6) is 11.5 Å². The van der Waals surface area contributed by atoms with Gasteiger partial charge in [0.1, 0.15) is 16.4 Å². The fourth-order valence-electron chi connectivity index (χ4n) is 1.26. The lowest BCUT2D eigenvalue weighted by molar-refractivity contribution is 0.0868. The Bertz CT molecular complexity index is 359. The second-order valence-corrected chi connectivity index (χ2v) is 4.88. The monoisotopic (exact) mass is 369 g/mol. The van der Waals surface area contributed by atoms with Gasteiger partial charge < -0.3 is 9.47 Å². The Balaban J connectivity index is 2.37. The van der Waals surface area contributed by atoms with Gasteiger partial charge in [-0.25, -0.2) is 4.98 Å². The van der Waals surface area contributed by atoms with Gasteiger partial charge in [0.05, 0.1) is 0 Å². The Labute approximate surface area is 104 Å². The third-order valence-corrected chi connectivity index (χ3v) is 3.12. The van der Waals surface area contributed by atoms with E-state index in [1.54, 1.807) is 0 Å². The predicted octanol–water partition coefficient (Wildman–Crippen LogP) is 3.00. The van der Waals surface area contributed by atoms with Crippen molar-refractivity contribution in [1.29, 1.82) is 0 Å². The lowest BCUT2D eigenvalue weighted by atomic mass is 10.2. The largest absolute Gasteiger partial charge is 0.483 e. The molecule has 1 aromatic rings. The lowest BCUT2D eigenvalue weighted by Crippen LogP contribution is -2.28. The van der Waals surface area contributed by atoms with Crippen molar-refractivity contribution in [1.82, 2.24) is 4.98 Å². The Morgan fingerprint density at radius 1 is 1.71 bits per heavy atom. The van der Waals surface area contributed by atoms with Crippen molar-refractivity contribution in [3.8, 4) is 11.5 Å². The first kappa shape index (κ1) is 10.5. The van der Waals surface area contributed by atoms with E-state index in [4.69, 9.17) is 9.47 Å². The molecule has 1 aliphatic rings. The summed E-state index contributed by atoms with van der Waals surface area (Å²) in [5, 5.41) is 0. The van der Waals surface area contributed by atoms with Gasteiger partial charge in [-0.2, -0.15) is 0 Å². The second kappa shape index (κ2) is 4.22. The standard InChI is InChI=1S/C9H9BrINO2/c1-2-5-4-13-8-6(14-5)3-7(11)12-9(8)10/h3,5H,2,4H2,1H3. The average Bonchev–Trinajstić information content (AvgIpc) is 2.16. The molecular formula is C9H9BrINO2. The zero-order chi connectivity index (χ0) is 10.1. The zero-order valence-corrected chi connectivity index (χ0v) is 11.3. The number of hydrogen-bond donors (Lipinski definition) is 0. The van der Waals surface area contributed by atoms with E-state index in [1.165, 1.54) is 0 Å². The summed E-state index contributed by atoms with van der Waals surface area (Å²) in [5.41, 5.74) is 0. The molecule has 14 heavy (non-hydrogen) atoms. The van der Waals surface area contributed by atoms with Gasteiger partial charge in [0, 0.05) is 6.07 Å². The zero-order valence-electron chi connectivity index (χ0n) is 7.59. The molecule has 0 aromatic carbocycles. The third kappa shape index (κ3) is 1.98. The SMILES string of the molecule is CCC1COc2c(cc(I)nc2Br)O1. The van der Waals surface area contributed by atoms with Gasteiger partial charge in [-0.1, -0.05) is 6.92 Å². The number of aromatic nitrogens is 1. The third-order valence-electron chi connectivity index (χ3n) is 2.03. The van der Waals surface area contributed by atoms with Crippen LogP contribution in [0, 0.1) is 3.70 Å². The van der Waals surface area contributed by atoms with Gasteiger partial charge in [0.25, 0.3) is 0 Å². The highest BCUT2D eigenvalue weighted by atomic mass is 127. The number of ether oxygens (including phenoxy) is 2. The number of pyridine rings is 1. The summed E-state index contributed by atoms with van der Waals surface area (Å²) in [7, 11) is 0. The van der Waals surface area contributed by atoms with Crippen LogP contribution < -0.4 is 9.47 Å². The Kier molecular flexibility index (Phi) is 3.16. The number of fused-ring (bicyclic) bond motifs is 1. The number of hydrogen-bond acceptors (Lipinski definition) is 3. The molecule has 2 rings (SSSR count). The van der Waals surface area contributed by atoms with Crippen molar-refractivity contribution in [2.24, 2.45) is 0 Å². The Hall–Kier alpha value is -0.0400. The van der Waals surface area contributed by atoms with E-state index in [2.05, 4.69) is 50.4 Å². The molecule has 0 spiro atoms.